The lowest BCUT2D eigenvalue weighted by atomic mass is 9.77. The van der Waals surface area contributed by atoms with E-state index in [1.54, 1.807) is 6.07 Å². The number of likely N-dealkylation sites (N-methyl/N-ethyl adjacent to an activating group) is 1. The minimum atomic E-state index is -0.946. The number of anilines is 2. The summed E-state index contributed by atoms with van der Waals surface area (Å²) in [6.07, 6.45) is 4.29. The average molecular weight is 611 g/mol. The van der Waals surface area contributed by atoms with Gasteiger partial charge in [0.25, 0.3) is 5.91 Å². The monoisotopic (exact) mass is 610 g/mol. The normalized spacial score (nSPS) is 18.0. The topological polar surface area (TPSA) is 65.0 Å². The number of carbonyl (C=O) groups excluding carboxylic acids is 1. The maximum absolute atomic E-state index is 14.5. The number of rotatable bonds is 8. The van der Waals surface area contributed by atoms with Gasteiger partial charge in [0.05, 0.1) is 17.3 Å². The van der Waals surface area contributed by atoms with Crippen LogP contribution >= 0.6 is 11.6 Å². The molecular weight excluding hydrogens is 574 g/mol. The predicted octanol–water partition coefficient (Wildman–Crippen LogP) is 5.37. The summed E-state index contributed by atoms with van der Waals surface area (Å²) >= 11 is 6.47. The molecule has 1 aromatic heterocycles. The highest BCUT2D eigenvalue weighted by Gasteiger charge is 2.35. The molecule has 1 saturated heterocycles. The first kappa shape index (κ1) is 29.6. The van der Waals surface area contributed by atoms with Crippen LogP contribution in [0.5, 0.6) is 6.01 Å². The minimum Gasteiger partial charge on any atom is -0.462 e. The Balaban J connectivity index is 1.28. The van der Waals surface area contributed by atoms with Crippen LogP contribution in [0.15, 0.2) is 42.7 Å². The van der Waals surface area contributed by atoms with Crippen molar-refractivity contribution in [1.82, 2.24) is 19.8 Å². The molecule has 3 heterocycles. The fourth-order valence-electron chi connectivity index (χ4n) is 6.38. The Kier molecular flexibility index (Phi) is 8.17. The SMILES string of the molecule is C=C(F)C(=O)N1CCN(c2nc(OCCN(C)C3(C)CCC3)nc3c2CCN(c2cccc4ccc(F)c(Cl)c24)C3)CC1. The molecule has 0 atom stereocenters. The molecule has 11 heteroatoms. The van der Waals surface area contributed by atoms with Gasteiger partial charge in [0.2, 0.25) is 0 Å². The number of halogens is 3. The molecule has 1 amide bonds. The average Bonchev–Trinajstić information content (AvgIpc) is 3.00. The van der Waals surface area contributed by atoms with Gasteiger partial charge in [0.15, 0.2) is 5.83 Å². The van der Waals surface area contributed by atoms with E-state index in [9.17, 15) is 13.6 Å². The summed E-state index contributed by atoms with van der Waals surface area (Å²) in [5, 5.41) is 1.66. The third kappa shape index (κ3) is 5.74. The minimum absolute atomic E-state index is 0.110. The highest BCUT2D eigenvalue weighted by Crippen LogP contribution is 2.38. The van der Waals surface area contributed by atoms with Crippen LogP contribution in [-0.2, 0) is 17.8 Å². The zero-order chi connectivity index (χ0) is 30.3. The molecule has 3 aliphatic rings. The number of fused-ring (bicyclic) bond motifs is 2. The summed E-state index contributed by atoms with van der Waals surface area (Å²) in [4.78, 5) is 30.0. The van der Waals surface area contributed by atoms with E-state index < -0.39 is 17.6 Å². The van der Waals surface area contributed by atoms with Gasteiger partial charge in [-0.05, 0) is 57.2 Å². The van der Waals surface area contributed by atoms with E-state index in [2.05, 4.69) is 35.3 Å². The van der Waals surface area contributed by atoms with E-state index in [4.69, 9.17) is 26.3 Å². The quantitative estimate of drug-likeness (QED) is 0.318. The number of hydrogen-bond acceptors (Lipinski definition) is 7. The van der Waals surface area contributed by atoms with E-state index in [-0.39, 0.29) is 10.6 Å². The van der Waals surface area contributed by atoms with Crippen LogP contribution in [0.25, 0.3) is 10.8 Å². The highest BCUT2D eigenvalue weighted by atomic mass is 35.5. The van der Waals surface area contributed by atoms with Crippen molar-refractivity contribution in [2.45, 2.75) is 44.7 Å². The highest BCUT2D eigenvalue weighted by molar-refractivity contribution is 6.36. The van der Waals surface area contributed by atoms with E-state index in [0.29, 0.717) is 63.7 Å². The molecular formula is C32H37ClF2N6O2. The zero-order valence-electron chi connectivity index (χ0n) is 24.7. The molecule has 43 heavy (non-hydrogen) atoms. The number of nitrogens with zero attached hydrogens (tertiary/aromatic N) is 6. The first-order valence-corrected chi connectivity index (χ1v) is 15.3. The molecule has 0 radical (unpaired) electrons. The first-order valence-electron chi connectivity index (χ1n) is 14.9. The van der Waals surface area contributed by atoms with Gasteiger partial charge in [0, 0.05) is 61.4 Å². The van der Waals surface area contributed by atoms with Crippen molar-refractivity contribution in [3.63, 3.8) is 0 Å². The Morgan fingerprint density at radius 2 is 1.88 bits per heavy atom. The second-order valence-corrected chi connectivity index (χ2v) is 12.3. The summed E-state index contributed by atoms with van der Waals surface area (Å²) in [7, 11) is 2.13. The Hall–Kier alpha value is -3.50. The lowest BCUT2D eigenvalue weighted by molar-refractivity contribution is -0.128. The lowest BCUT2D eigenvalue weighted by Crippen LogP contribution is -2.50. The number of amides is 1. The maximum atomic E-state index is 14.5. The van der Waals surface area contributed by atoms with Crippen LogP contribution in [0.3, 0.4) is 0 Å². The first-order chi connectivity index (χ1) is 20.6. The third-order valence-electron chi connectivity index (χ3n) is 9.39. The molecule has 1 aliphatic carbocycles. The maximum Gasteiger partial charge on any atom is 0.318 e. The van der Waals surface area contributed by atoms with Gasteiger partial charge in [-0.1, -0.05) is 36.4 Å². The Labute approximate surface area is 255 Å². The molecule has 2 aromatic carbocycles. The van der Waals surface area contributed by atoms with Crippen molar-refractivity contribution < 1.29 is 18.3 Å². The molecule has 8 nitrogen and oxygen atoms in total. The van der Waals surface area contributed by atoms with Gasteiger partial charge in [-0.25, -0.2) is 8.78 Å². The molecule has 2 fully saturated rings. The van der Waals surface area contributed by atoms with Crippen molar-refractivity contribution in [1.29, 1.82) is 0 Å². The molecule has 0 unspecified atom stereocenters. The third-order valence-corrected chi connectivity index (χ3v) is 9.75. The van der Waals surface area contributed by atoms with Crippen LogP contribution in [0.1, 0.15) is 37.4 Å². The lowest BCUT2D eigenvalue weighted by Gasteiger charge is -2.46. The van der Waals surface area contributed by atoms with E-state index in [1.807, 2.05) is 18.2 Å². The number of aromatic nitrogens is 2. The van der Waals surface area contributed by atoms with Crippen molar-refractivity contribution >= 4 is 39.8 Å². The molecule has 228 valence electrons. The van der Waals surface area contributed by atoms with Crippen molar-refractivity contribution in [2.24, 2.45) is 0 Å². The van der Waals surface area contributed by atoms with Crippen molar-refractivity contribution in [2.75, 3.05) is 62.7 Å². The van der Waals surface area contributed by atoms with Gasteiger partial charge >= 0.3 is 6.01 Å². The van der Waals surface area contributed by atoms with Crippen LogP contribution in [0.4, 0.5) is 20.3 Å². The predicted molar refractivity (Wildman–Crippen MR) is 165 cm³/mol. The van der Waals surface area contributed by atoms with Gasteiger partial charge in [-0.2, -0.15) is 9.97 Å². The largest absolute Gasteiger partial charge is 0.462 e. The zero-order valence-corrected chi connectivity index (χ0v) is 25.5. The van der Waals surface area contributed by atoms with E-state index in [0.717, 1.165) is 34.7 Å². The molecule has 0 spiro atoms. The molecule has 3 aromatic rings. The fourth-order valence-corrected chi connectivity index (χ4v) is 6.65. The molecule has 2 aliphatic heterocycles. The summed E-state index contributed by atoms with van der Waals surface area (Å²) in [5.74, 6) is -1.28. The standard InChI is InChI=1S/C32H37ClF2N6O2/c1-21(34)30(42)40-16-14-39(15-17-40)29-23-10-13-41(26-7-4-6-22-8-9-24(35)28(33)27(22)26)20-25(23)36-31(37-29)43-19-18-38(3)32(2)11-5-12-32/h4,6-9H,1,5,10-20H2,2-3H3. The van der Waals surface area contributed by atoms with E-state index >= 15 is 0 Å². The second kappa shape index (κ2) is 11.9. The number of piperazine rings is 1. The molecule has 0 bridgehead atoms. The smallest absolute Gasteiger partial charge is 0.318 e. The van der Waals surface area contributed by atoms with Crippen LogP contribution in [-0.4, -0.2) is 84.1 Å². The summed E-state index contributed by atoms with van der Waals surface area (Å²) in [6, 6.07) is 9.28. The Morgan fingerprint density at radius 3 is 2.58 bits per heavy atom. The summed E-state index contributed by atoms with van der Waals surface area (Å²) < 4.78 is 34.2. The molecule has 0 N–H and O–H groups in total. The second-order valence-electron chi connectivity index (χ2n) is 12.0. The number of carbonyl (C=O) groups is 1. The van der Waals surface area contributed by atoms with E-state index in [1.165, 1.54) is 30.2 Å². The Morgan fingerprint density at radius 1 is 1.12 bits per heavy atom. The van der Waals surface area contributed by atoms with Crippen molar-refractivity contribution in [3.8, 4) is 6.01 Å². The van der Waals surface area contributed by atoms with Crippen molar-refractivity contribution in [3.05, 3.63) is 64.8 Å². The van der Waals surface area contributed by atoms with Crippen LogP contribution < -0.4 is 14.5 Å². The fraction of sp³-hybridized carbons (Fsp3) is 0.469. The number of benzene rings is 2. The van der Waals surface area contributed by atoms with Crippen LogP contribution in [0, 0.1) is 5.82 Å². The molecule has 1 saturated carbocycles. The number of ether oxygens (including phenoxy) is 1. The summed E-state index contributed by atoms with van der Waals surface area (Å²) in [6.45, 7) is 9.54. The van der Waals surface area contributed by atoms with Gasteiger partial charge in [-0.3, -0.25) is 9.69 Å². The van der Waals surface area contributed by atoms with Gasteiger partial charge in [0.1, 0.15) is 18.2 Å². The summed E-state index contributed by atoms with van der Waals surface area (Å²) in [5.41, 5.74) is 2.93. The Bertz CT molecular complexity index is 1560. The van der Waals surface area contributed by atoms with Gasteiger partial charge < -0.3 is 19.4 Å². The number of hydrogen-bond donors (Lipinski definition) is 0. The van der Waals surface area contributed by atoms with Gasteiger partial charge in [-0.15, -0.1) is 0 Å². The van der Waals surface area contributed by atoms with Crippen LogP contribution in [0.2, 0.25) is 5.02 Å². The molecule has 6 rings (SSSR count).